The fraction of sp³-hybridized carbons (Fsp3) is 0.692. The van der Waals surface area contributed by atoms with Crippen molar-refractivity contribution in [3.63, 3.8) is 0 Å². The Labute approximate surface area is 133 Å². The number of hydrogen-bond acceptors (Lipinski definition) is 3. The second-order valence-corrected chi connectivity index (χ2v) is 5.21. The highest BCUT2D eigenvalue weighted by Gasteiger charge is 2.13. The van der Waals surface area contributed by atoms with Crippen LogP contribution in [0.2, 0.25) is 0 Å². The molecule has 0 radical (unpaired) electrons. The number of aromatic nitrogens is 2. The molecule has 0 bridgehead atoms. The Morgan fingerprint density at radius 3 is 2.40 bits per heavy atom. The number of rotatable bonds is 6. The van der Waals surface area contributed by atoms with E-state index in [2.05, 4.69) is 24.3 Å². The smallest absolute Gasteiger partial charge is 0.242 e. The Kier molecular flexibility index (Phi) is 10.8. The summed E-state index contributed by atoms with van der Waals surface area (Å²) < 4.78 is 1.72. The number of nitrogens with two attached hydrogens (primary N) is 1. The molecule has 1 amide bonds. The molecule has 0 spiro atoms. The quantitative estimate of drug-likeness (QED) is 0.838. The molecule has 3 N–H and O–H groups in total. The van der Waals surface area contributed by atoms with Crippen molar-refractivity contribution >= 4 is 30.7 Å². The van der Waals surface area contributed by atoms with Gasteiger partial charge in [-0.15, -0.1) is 24.8 Å². The summed E-state index contributed by atoms with van der Waals surface area (Å²) in [5.74, 6) is 0.491. The van der Waals surface area contributed by atoms with Gasteiger partial charge < -0.3 is 11.1 Å². The van der Waals surface area contributed by atoms with Gasteiger partial charge in [0.15, 0.2) is 0 Å². The average molecular weight is 325 g/mol. The van der Waals surface area contributed by atoms with E-state index >= 15 is 0 Å². The van der Waals surface area contributed by atoms with E-state index in [9.17, 15) is 4.79 Å². The van der Waals surface area contributed by atoms with Gasteiger partial charge in [-0.1, -0.05) is 13.8 Å². The van der Waals surface area contributed by atoms with E-state index in [0.29, 0.717) is 12.5 Å². The van der Waals surface area contributed by atoms with Crippen LogP contribution in [0, 0.1) is 19.8 Å². The standard InChI is InChI=1S/C13H24N4O.2ClH/c1-9(2)5-12(7-14)15-13(18)8-17-11(4)6-10(3)16-17;;/h6,9,12H,5,7-8,14H2,1-4H3,(H,15,18);2*1H. The molecule has 5 nitrogen and oxygen atoms in total. The Bertz CT molecular complexity index is 407. The molecule has 0 aromatic carbocycles. The number of nitrogens with one attached hydrogen (secondary N) is 1. The zero-order chi connectivity index (χ0) is 13.7. The van der Waals surface area contributed by atoms with Crippen LogP contribution < -0.4 is 11.1 Å². The zero-order valence-corrected chi connectivity index (χ0v) is 14.2. The molecular formula is C13H26Cl2N4O. The molecule has 0 aliphatic heterocycles. The summed E-state index contributed by atoms with van der Waals surface area (Å²) in [5, 5.41) is 7.23. The number of carbonyl (C=O) groups excluding carboxylic acids is 1. The van der Waals surface area contributed by atoms with Gasteiger partial charge in [0, 0.05) is 18.3 Å². The summed E-state index contributed by atoms with van der Waals surface area (Å²) in [7, 11) is 0. The monoisotopic (exact) mass is 324 g/mol. The Morgan fingerprint density at radius 1 is 1.40 bits per heavy atom. The normalized spacial score (nSPS) is 11.5. The predicted molar refractivity (Wildman–Crippen MR) is 86.6 cm³/mol. The Morgan fingerprint density at radius 2 is 2.00 bits per heavy atom. The van der Waals surface area contributed by atoms with Crippen LogP contribution in [0.4, 0.5) is 0 Å². The molecule has 1 rings (SSSR count). The minimum Gasteiger partial charge on any atom is -0.350 e. The van der Waals surface area contributed by atoms with Crippen molar-refractivity contribution in [2.24, 2.45) is 11.7 Å². The van der Waals surface area contributed by atoms with Crippen molar-refractivity contribution < 1.29 is 4.79 Å². The summed E-state index contributed by atoms with van der Waals surface area (Å²) in [6.07, 6.45) is 0.902. The minimum atomic E-state index is -0.0303. The molecule has 1 aromatic heterocycles. The van der Waals surface area contributed by atoms with Crippen LogP contribution >= 0.6 is 24.8 Å². The molecule has 1 heterocycles. The Balaban J connectivity index is 0. The van der Waals surface area contributed by atoms with Crippen LogP contribution in [0.15, 0.2) is 6.07 Å². The molecule has 0 aliphatic carbocycles. The summed E-state index contributed by atoms with van der Waals surface area (Å²) in [4.78, 5) is 11.9. The largest absolute Gasteiger partial charge is 0.350 e. The lowest BCUT2D eigenvalue weighted by molar-refractivity contribution is -0.122. The number of halogens is 2. The lowest BCUT2D eigenvalue weighted by Crippen LogP contribution is -2.42. The molecule has 0 fully saturated rings. The lowest BCUT2D eigenvalue weighted by Gasteiger charge is -2.19. The maximum Gasteiger partial charge on any atom is 0.242 e. The first-order valence-electron chi connectivity index (χ1n) is 6.42. The molecule has 1 aromatic rings. The van der Waals surface area contributed by atoms with E-state index < -0.39 is 0 Å². The second-order valence-electron chi connectivity index (χ2n) is 5.21. The second kappa shape index (κ2) is 10.0. The molecule has 118 valence electrons. The molecule has 7 heteroatoms. The van der Waals surface area contributed by atoms with Gasteiger partial charge in [0.05, 0.1) is 5.69 Å². The summed E-state index contributed by atoms with van der Waals surface area (Å²) >= 11 is 0. The number of amides is 1. The van der Waals surface area contributed by atoms with Crippen LogP contribution in [-0.4, -0.2) is 28.3 Å². The van der Waals surface area contributed by atoms with Crippen LogP contribution in [0.1, 0.15) is 31.7 Å². The number of nitrogens with zero attached hydrogens (tertiary/aromatic N) is 2. The van der Waals surface area contributed by atoms with Crippen LogP contribution in [0.3, 0.4) is 0 Å². The third-order valence-electron chi connectivity index (χ3n) is 2.80. The highest BCUT2D eigenvalue weighted by molar-refractivity contribution is 5.85. The van der Waals surface area contributed by atoms with Gasteiger partial charge in [0.2, 0.25) is 5.91 Å². The molecule has 0 saturated heterocycles. The molecule has 1 atom stereocenters. The molecular weight excluding hydrogens is 299 g/mol. The minimum absolute atomic E-state index is 0. The van der Waals surface area contributed by atoms with Gasteiger partial charge in [0.25, 0.3) is 0 Å². The number of hydrogen-bond donors (Lipinski definition) is 2. The zero-order valence-electron chi connectivity index (χ0n) is 12.5. The SMILES string of the molecule is Cc1cc(C)n(CC(=O)NC(CN)CC(C)C)n1.Cl.Cl. The van der Waals surface area contributed by atoms with E-state index in [1.54, 1.807) is 4.68 Å². The van der Waals surface area contributed by atoms with Gasteiger partial charge in [-0.05, 0) is 32.3 Å². The van der Waals surface area contributed by atoms with E-state index in [4.69, 9.17) is 5.73 Å². The van der Waals surface area contributed by atoms with Crippen molar-refractivity contribution in [2.75, 3.05) is 6.54 Å². The van der Waals surface area contributed by atoms with Crippen molar-refractivity contribution in [2.45, 2.75) is 46.7 Å². The van der Waals surface area contributed by atoms with Crippen molar-refractivity contribution in [1.29, 1.82) is 0 Å². The van der Waals surface area contributed by atoms with Crippen LogP contribution in [0.25, 0.3) is 0 Å². The van der Waals surface area contributed by atoms with Gasteiger partial charge in [-0.2, -0.15) is 5.10 Å². The fourth-order valence-corrected chi connectivity index (χ4v) is 2.03. The van der Waals surface area contributed by atoms with Gasteiger partial charge in [-0.25, -0.2) is 0 Å². The van der Waals surface area contributed by atoms with E-state index in [1.165, 1.54) is 0 Å². The lowest BCUT2D eigenvalue weighted by atomic mass is 10.0. The fourth-order valence-electron chi connectivity index (χ4n) is 2.03. The third kappa shape index (κ3) is 7.12. The molecule has 20 heavy (non-hydrogen) atoms. The predicted octanol–water partition coefficient (Wildman–Crippen LogP) is 1.83. The first-order chi connectivity index (χ1) is 8.42. The van der Waals surface area contributed by atoms with Gasteiger partial charge in [-0.3, -0.25) is 9.48 Å². The molecule has 1 unspecified atom stereocenters. The van der Waals surface area contributed by atoms with E-state index in [-0.39, 0.29) is 43.3 Å². The third-order valence-corrected chi connectivity index (χ3v) is 2.80. The maximum atomic E-state index is 11.9. The summed E-state index contributed by atoms with van der Waals surface area (Å²) in [6, 6.07) is 2.01. The Hall–Kier alpha value is -0.780. The highest BCUT2D eigenvalue weighted by Crippen LogP contribution is 2.04. The van der Waals surface area contributed by atoms with E-state index in [0.717, 1.165) is 17.8 Å². The number of carbonyl (C=O) groups is 1. The molecule has 0 aliphatic rings. The van der Waals surface area contributed by atoms with Crippen LogP contribution in [0.5, 0.6) is 0 Å². The maximum absolute atomic E-state index is 11.9. The highest BCUT2D eigenvalue weighted by atomic mass is 35.5. The first kappa shape index (κ1) is 21.5. The summed E-state index contributed by atoms with van der Waals surface area (Å²) in [5.41, 5.74) is 7.58. The van der Waals surface area contributed by atoms with Gasteiger partial charge in [0.1, 0.15) is 6.54 Å². The summed E-state index contributed by atoms with van der Waals surface area (Å²) in [6.45, 7) is 8.84. The van der Waals surface area contributed by atoms with Crippen molar-refractivity contribution in [3.8, 4) is 0 Å². The van der Waals surface area contributed by atoms with Crippen molar-refractivity contribution in [1.82, 2.24) is 15.1 Å². The first-order valence-corrected chi connectivity index (χ1v) is 6.42. The molecule has 0 saturated carbocycles. The average Bonchev–Trinajstić information content (AvgIpc) is 2.55. The number of aryl methyl sites for hydroxylation is 2. The van der Waals surface area contributed by atoms with Gasteiger partial charge >= 0.3 is 0 Å². The van der Waals surface area contributed by atoms with Crippen molar-refractivity contribution in [3.05, 3.63) is 17.5 Å². The van der Waals surface area contributed by atoms with E-state index in [1.807, 2.05) is 19.9 Å². The van der Waals surface area contributed by atoms with Crippen LogP contribution in [-0.2, 0) is 11.3 Å². The topological polar surface area (TPSA) is 72.9 Å².